The average Bonchev–Trinajstić information content (AvgIpc) is 2.35. The lowest BCUT2D eigenvalue weighted by molar-refractivity contribution is -0.118. The summed E-state index contributed by atoms with van der Waals surface area (Å²) in [7, 11) is 0. The number of nitrogens with one attached hydrogen (secondary N) is 1. The number of aliphatic hydroxyl groups is 1. The first-order chi connectivity index (χ1) is 9.08. The summed E-state index contributed by atoms with van der Waals surface area (Å²) < 4.78 is 6.38. The molecule has 1 amide bonds. The Labute approximate surface area is 121 Å². The molecule has 1 aromatic rings. The lowest BCUT2D eigenvalue weighted by atomic mass is 10.3. The van der Waals surface area contributed by atoms with Gasteiger partial charge in [0.25, 0.3) is 0 Å². The van der Waals surface area contributed by atoms with Crippen LogP contribution >= 0.6 is 15.9 Å². The highest BCUT2D eigenvalue weighted by atomic mass is 79.9. The Balaban J connectivity index is 2.11. The number of hydrogen-bond donors (Lipinski definition) is 3. The van der Waals surface area contributed by atoms with Crippen molar-refractivity contribution in [1.29, 1.82) is 0 Å². The fourth-order valence-corrected chi connectivity index (χ4v) is 1.84. The molecule has 4 N–H and O–H groups in total. The molecule has 0 saturated carbocycles. The van der Waals surface area contributed by atoms with Crippen LogP contribution in [0.5, 0.6) is 5.75 Å². The van der Waals surface area contributed by atoms with Crippen molar-refractivity contribution < 1.29 is 14.6 Å². The number of rotatable bonds is 9. The van der Waals surface area contributed by atoms with E-state index in [4.69, 9.17) is 10.5 Å². The van der Waals surface area contributed by atoms with E-state index >= 15 is 0 Å². The fraction of sp³-hybridized carbons (Fsp3) is 0.462. The van der Waals surface area contributed by atoms with Crippen LogP contribution in [0.25, 0.3) is 0 Å². The topological polar surface area (TPSA) is 84.6 Å². The van der Waals surface area contributed by atoms with Crippen molar-refractivity contribution in [3.8, 4) is 5.75 Å². The zero-order valence-electron chi connectivity index (χ0n) is 10.6. The molecule has 0 aromatic heterocycles. The largest absolute Gasteiger partial charge is 0.491 e. The van der Waals surface area contributed by atoms with Crippen molar-refractivity contribution >= 4 is 21.8 Å². The van der Waals surface area contributed by atoms with Crippen LogP contribution in [-0.2, 0) is 4.79 Å². The number of aliphatic hydroxyl groups excluding tert-OH is 1. The smallest absolute Gasteiger partial charge is 0.217 e. The maximum absolute atomic E-state index is 10.5. The number of halogens is 1. The number of primary amides is 1. The van der Waals surface area contributed by atoms with E-state index in [0.29, 0.717) is 31.7 Å². The van der Waals surface area contributed by atoms with Gasteiger partial charge >= 0.3 is 0 Å². The SMILES string of the molecule is NC(=O)CCCNCC(O)COc1cccc(Br)c1. The standard InChI is InChI=1S/C13H19BrN2O3/c14-10-3-1-4-12(7-10)19-9-11(17)8-16-6-2-5-13(15)18/h1,3-4,7,11,16-17H,2,5-6,8-9H2,(H2,15,18). The van der Waals surface area contributed by atoms with Crippen LogP contribution in [0.15, 0.2) is 28.7 Å². The summed E-state index contributed by atoms with van der Waals surface area (Å²) in [6.07, 6.45) is 0.444. The van der Waals surface area contributed by atoms with Crippen molar-refractivity contribution in [3.63, 3.8) is 0 Å². The molecule has 1 unspecified atom stereocenters. The number of ether oxygens (including phenoxy) is 1. The fourth-order valence-electron chi connectivity index (χ4n) is 1.46. The van der Waals surface area contributed by atoms with Gasteiger partial charge in [0.05, 0.1) is 0 Å². The van der Waals surface area contributed by atoms with Crippen molar-refractivity contribution in [1.82, 2.24) is 5.32 Å². The highest BCUT2D eigenvalue weighted by Gasteiger charge is 2.05. The zero-order chi connectivity index (χ0) is 14.1. The molecular weight excluding hydrogens is 312 g/mol. The summed E-state index contributed by atoms with van der Waals surface area (Å²) in [5.41, 5.74) is 5.02. The van der Waals surface area contributed by atoms with Crippen molar-refractivity contribution in [3.05, 3.63) is 28.7 Å². The highest BCUT2D eigenvalue weighted by molar-refractivity contribution is 9.10. The second kappa shape index (κ2) is 8.90. The van der Waals surface area contributed by atoms with Crippen LogP contribution in [0, 0.1) is 0 Å². The molecule has 1 atom stereocenters. The summed E-state index contributed by atoms with van der Waals surface area (Å²) in [6, 6.07) is 7.45. The van der Waals surface area contributed by atoms with E-state index in [9.17, 15) is 9.90 Å². The Morgan fingerprint density at radius 1 is 1.53 bits per heavy atom. The molecule has 0 saturated heterocycles. The molecule has 5 nitrogen and oxygen atoms in total. The molecule has 0 spiro atoms. The number of benzene rings is 1. The van der Waals surface area contributed by atoms with Crippen LogP contribution in [0.1, 0.15) is 12.8 Å². The molecule has 1 aromatic carbocycles. The van der Waals surface area contributed by atoms with Gasteiger partial charge in [0.15, 0.2) is 0 Å². The van der Waals surface area contributed by atoms with Crippen LogP contribution < -0.4 is 15.8 Å². The minimum absolute atomic E-state index is 0.222. The number of hydrogen-bond acceptors (Lipinski definition) is 4. The number of amides is 1. The number of carbonyl (C=O) groups is 1. The monoisotopic (exact) mass is 330 g/mol. The summed E-state index contributed by atoms with van der Waals surface area (Å²) in [6.45, 7) is 1.29. The maximum atomic E-state index is 10.5. The molecule has 106 valence electrons. The van der Waals surface area contributed by atoms with E-state index in [1.807, 2.05) is 24.3 Å². The first-order valence-electron chi connectivity index (χ1n) is 6.13. The van der Waals surface area contributed by atoms with Crippen LogP contribution in [0.3, 0.4) is 0 Å². The predicted molar refractivity (Wildman–Crippen MR) is 76.9 cm³/mol. The molecule has 0 radical (unpaired) electrons. The van der Waals surface area contributed by atoms with Gasteiger partial charge < -0.3 is 20.9 Å². The minimum atomic E-state index is -0.590. The Morgan fingerprint density at radius 3 is 3.00 bits per heavy atom. The molecule has 0 aliphatic rings. The van der Waals surface area contributed by atoms with E-state index < -0.39 is 6.10 Å². The van der Waals surface area contributed by atoms with Gasteiger partial charge in [0.2, 0.25) is 5.91 Å². The van der Waals surface area contributed by atoms with Crippen LogP contribution in [0.2, 0.25) is 0 Å². The predicted octanol–water partition coefficient (Wildman–Crippen LogP) is 1.04. The van der Waals surface area contributed by atoms with Crippen molar-refractivity contribution in [2.45, 2.75) is 18.9 Å². The minimum Gasteiger partial charge on any atom is -0.491 e. The number of nitrogens with two attached hydrogens (primary N) is 1. The second-order valence-corrected chi connectivity index (χ2v) is 5.11. The van der Waals surface area contributed by atoms with Gasteiger partial charge in [-0.1, -0.05) is 22.0 Å². The first-order valence-corrected chi connectivity index (χ1v) is 6.92. The second-order valence-electron chi connectivity index (χ2n) is 4.20. The molecule has 0 aliphatic heterocycles. The lowest BCUT2D eigenvalue weighted by Crippen LogP contribution is -2.32. The molecule has 1 rings (SSSR count). The van der Waals surface area contributed by atoms with Crippen molar-refractivity contribution in [2.24, 2.45) is 5.73 Å². The van der Waals surface area contributed by atoms with E-state index in [1.165, 1.54) is 0 Å². The van der Waals surface area contributed by atoms with Gasteiger partial charge in [0, 0.05) is 17.4 Å². The molecule has 0 fully saturated rings. The van der Waals surface area contributed by atoms with Gasteiger partial charge in [-0.05, 0) is 31.2 Å². The van der Waals surface area contributed by atoms with E-state index in [-0.39, 0.29) is 12.5 Å². The third-order valence-electron chi connectivity index (χ3n) is 2.40. The van der Waals surface area contributed by atoms with Gasteiger partial charge in [0.1, 0.15) is 18.5 Å². The van der Waals surface area contributed by atoms with Crippen molar-refractivity contribution in [2.75, 3.05) is 19.7 Å². The first kappa shape index (κ1) is 15.9. The Kier molecular flexibility index (Phi) is 7.47. The molecule has 0 aliphatic carbocycles. The van der Waals surface area contributed by atoms with E-state index in [0.717, 1.165) is 4.47 Å². The Bertz CT molecular complexity index is 401. The molecule has 6 heteroatoms. The summed E-state index contributed by atoms with van der Waals surface area (Å²) in [5.74, 6) is 0.405. The summed E-state index contributed by atoms with van der Waals surface area (Å²) in [4.78, 5) is 10.5. The lowest BCUT2D eigenvalue weighted by Gasteiger charge is -2.13. The Morgan fingerprint density at radius 2 is 2.32 bits per heavy atom. The quantitative estimate of drug-likeness (QED) is 0.591. The molecule has 0 heterocycles. The summed E-state index contributed by atoms with van der Waals surface area (Å²) >= 11 is 3.35. The highest BCUT2D eigenvalue weighted by Crippen LogP contribution is 2.17. The molecule has 19 heavy (non-hydrogen) atoms. The van der Waals surface area contributed by atoms with Gasteiger partial charge in [-0.25, -0.2) is 0 Å². The average molecular weight is 331 g/mol. The van der Waals surface area contributed by atoms with Gasteiger partial charge in [-0.15, -0.1) is 0 Å². The molecular formula is C13H19BrN2O3. The van der Waals surface area contributed by atoms with Gasteiger partial charge in [-0.2, -0.15) is 0 Å². The van der Waals surface area contributed by atoms with Crippen LogP contribution in [-0.4, -0.2) is 36.8 Å². The third kappa shape index (κ3) is 7.81. The number of carbonyl (C=O) groups excluding carboxylic acids is 1. The summed E-state index contributed by atoms with van der Waals surface area (Å²) in [5, 5.41) is 12.7. The Hall–Kier alpha value is -1.11. The van der Waals surface area contributed by atoms with E-state index in [2.05, 4.69) is 21.2 Å². The normalized spacial score (nSPS) is 12.1. The van der Waals surface area contributed by atoms with E-state index in [1.54, 1.807) is 0 Å². The third-order valence-corrected chi connectivity index (χ3v) is 2.89. The van der Waals surface area contributed by atoms with Crippen LogP contribution in [0.4, 0.5) is 0 Å². The maximum Gasteiger partial charge on any atom is 0.217 e. The zero-order valence-corrected chi connectivity index (χ0v) is 12.2. The van der Waals surface area contributed by atoms with Gasteiger partial charge in [-0.3, -0.25) is 4.79 Å². The molecule has 0 bridgehead atoms.